The van der Waals surface area contributed by atoms with Gasteiger partial charge in [0, 0.05) is 30.6 Å². The number of amides is 2. The molecule has 1 heterocycles. The molecule has 4 rings (SSSR count). The summed E-state index contributed by atoms with van der Waals surface area (Å²) < 4.78 is 49.1. The average molecular weight is 670 g/mol. The van der Waals surface area contributed by atoms with E-state index in [1.165, 1.54) is 7.11 Å². The molecule has 0 aliphatic carbocycles. The zero-order valence-corrected chi connectivity index (χ0v) is 28.5. The number of hydrogen-bond donors (Lipinski definition) is 3. The van der Waals surface area contributed by atoms with Crippen LogP contribution in [0.3, 0.4) is 0 Å². The molecule has 0 spiro atoms. The van der Waals surface area contributed by atoms with E-state index in [9.17, 15) is 18.0 Å². The number of nitrogens with zero attached hydrogens (tertiary/aromatic N) is 2. The fraction of sp³-hybridized carbons (Fsp3) is 0.424. The first kappa shape index (κ1) is 35.5. The van der Waals surface area contributed by atoms with Gasteiger partial charge < -0.3 is 24.3 Å². The minimum Gasteiger partial charge on any atom is -0.492 e. The molecular weight excluding hydrogens is 626 g/mol. The van der Waals surface area contributed by atoms with Gasteiger partial charge in [0.25, 0.3) is 5.91 Å². The van der Waals surface area contributed by atoms with Gasteiger partial charge in [0.15, 0.2) is 11.5 Å². The Labute approximate surface area is 275 Å². The number of methoxy groups -OCH3 is 1. The number of morpholine rings is 1. The number of benzene rings is 3. The van der Waals surface area contributed by atoms with Crippen molar-refractivity contribution in [3.05, 3.63) is 59.7 Å². The molecule has 3 aromatic carbocycles. The molecule has 1 aliphatic heterocycles. The number of anilines is 2. The molecule has 0 radical (unpaired) electrons. The first-order valence-corrected chi connectivity index (χ1v) is 17.2. The number of hydrogen-bond acceptors (Lipinski definition) is 10. The van der Waals surface area contributed by atoms with Crippen molar-refractivity contribution >= 4 is 49.9 Å². The third kappa shape index (κ3) is 9.56. The third-order valence-corrected chi connectivity index (χ3v) is 7.95. The second kappa shape index (κ2) is 15.5. The SMILES string of the molecule is CCOC(=O)NN=C(C(=O)Nc1cc(C(C)(C)C)cc(NS(C)(=O)=O)c1OC)c1ccc(OCCN2CCOCC2)c2ccccc12. The van der Waals surface area contributed by atoms with Gasteiger partial charge in [-0.1, -0.05) is 45.0 Å². The van der Waals surface area contributed by atoms with Crippen molar-refractivity contribution in [2.24, 2.45) is 5.10 Å². The van der Waals surface area contributed by atoms with Gasteiger partial charge in [0.05, 0.1) is 44.6 Å². The maximum atomic E-state index is 14.1. The lowest BCUT2D eigenvalue weighted by molar-refractivity contribution is -0.110. The Balaban J connectivity index is 1.75. The average Bonchev–Trinajstić information content (AvgIpc) is 3.01. The molecule has 0 saturated carbocycles. The Morgan fingerprint density at radius 2 is 1.70 bits per heavy atom. The van der Waals surface area contributed by atoms with Crippen molar-refractivity contribution in [1.29, 1.82) is 0 Å². The van der Waals surface area contributed by atoms with Crippen molar-refractivity contribution < 1.29 is 37.0 Å². The predicted molar refractivity (Wildman–Crippen MR) is 182 cm³/mol. The van der Waals surface area contributed by atoms with E-state index in [1.54, 1.807) is 31.2 Å². The molecule has 1 aliphatic rings. The molecule has 3 aromatic rings. The molecule has 3 N–H and O–H groups in total. The Hall–Kier alpha value is -4.40. The van der Waals surface area contributed by atoms with Gasteiger partial charge >= 0.3 is 6.09 Å². The molecule has 0 bridgehead atoms. The summed E-state index contributed by atoms with van der Waals surface area (Å²) in [6, 6.07) is 14.3. The number of hydrazone groups is 1. The van der Waals surface area contributed by atoms with Crippen LogP contribution in [-0.2, 0) is 29.7 Å². The van der Waals surface area contributed by atoms with Gasteiger partial charge in [-0.3, -0.25) is 14.4 Å². The molecule has 0 atom stereocenters. The number of nitrogens with one attached hydrogen (secondary N) is 3. The summed E-state index contributed by atoms with van der Waals surface area (Å²) >= 11 is 0. The molecule has 0 aromatic heterocycles. The Morgan fingerprint density at radius 1 is 1.02 bits per heavy atom. The van der Waals surface area contributed by atoms with E-state index in [4.69, 9.17) is 18.9 Å². The van der Waals surface area contributed by atoms with Gasteiger partial charge in [-0.15, -0.1) is 0 Å². The molecule has 13 nitrogen and oxygen atoms in total. The van der Waals surface area contributed by atoms with Crippen molar-refractivity contribution in [2.75, 3.05) is 69.5 Å². The minimum atomic E-state index is -3.69. The number of rotatable bonds is 12. The van der Waals surface area contributed by atoms with Crippen LogP contribution in [-0.4, -0.2) is 90.5 Å². The number of carbonyl (C=O) groups excluding carboxylic acids is 2. The molecule has 14 heteroatoms. The molecule has 1 fully saturated rings. The first-order chi connectivity index (χ1) is 22.3. The number of carbonyl (C=O) groups is 2. The lowest BCUT2D eigenvalue weighted by atomic mass is 9.86. The highest BCUT2D eigenvalue weighted by Gasteiger charge is 2.25. The van der Waals surface area contributed by atoms with Crippen molar-refractivity contribution in [1.82, 2.24) is 10.3 Å². The zero-order chi connectivity index (χ0) is 34.2. The zero-order valence-electron chi connectivity index (χ0n) is 27.6. The molecule has 2 amide bonds. The Kier molecular flexibility index (Phi) is 11.7. The van der Waals surface area contributed by atoms with Crippen LogP contribution in [0.2, 0.25) is 0 Å². The highest BCUT2D eigenvalue weighted by atomic mass is 32.2. The maximum Gasteiger partial charge on any atom is 0.427 e. The Morgan fingerprint density at radius 3 is 2.34 bits per heavy atom. The van der Waals surface area contributed by atoms with Gasteiger partial charge in [-0.05, 0) is 47.6 Å². The largest absolute Gasteiger partial charge is 0.492 e. The van der Waals surface area contributed by atoms with Crippen LogP contribution in [0.1, 0.15) is 38.8 Å². The second-order valence-electron chi connectivity index (χ2n) is 11.9. The van der Waals surface area contributed by atoms with Gasteiger partial charge in [0.2, 0.25) is 10.0 Å². The molecule has 47 heavy (non-hydrogen) atoms. The van der Waals surface area contributed by atoms with E-state index in [0.717, 1.165) is 36.8 Å². The normalized spacial score (nSPS) is 14.4. The number of fused-ring (bicyclic) bond motifs is 1. The van der Waals surface area contributed by atoms with E-state index < -0.39 is 27.4 Å². The molecule has 1 saturated heterocycles. The molecule has 254 valence electrons. The summed E-state index contributed by atoms with van der Waals surface area (Å²) in [6.45, 7) is 11.9. The van der Waals surface area contributed by atoms with E-state index in [1.807, 2.05) is 45.0 Å². The summed E-state index contributed by atoms with van der Waals surface area (Å²) in [4.78, 5) is 28.7. The summed E-state index contributed by atoms with van der Waals surface area (Å²) in [5.74, 6) is 0.0395. The van der Waals surface area contributed by atoms with Crippen LogP contribution in [0.5, 0.6) is 11.5 Å². The van der Waals surface area contributed by atoms with Crippen LogP contribution in [0.4, 0.5) is 16.2 Å². The predicted octanol–water partition coefficient (Wildman–Crippen LogP) is 4.32. The molecular formula is C33H43N5O8S. The van der Waals surface area contributed by atoms with E-state index >= 15 is 0 Å². The summed E-state index contributed by atoms with van der Waals surface area (Å²) in [7, 11) is -2.32. The lowest BCUT2D eigenvalue weighted by Gasteiger charge is -2.26. The Bertz CT molecular complexity index is 1730. The summed E-state index contributed by atoms with van der Waals surface area (Å²) in [5.41, 5.74) is 3.25. The maximum absolute atomic E-state index is 14.1. The molecule has 0 unspecified atom stereocenters. The van der Waals surface area contributed by atoms with Crippen LogP contribution in [0.15, 0.2) is 53.6 Å². The summed E-state index contributed by atoms with van der Waals surface area (Å²) in [6.07, 6.45) is 0.193. The van der Waals surface area contributed by atoms with Crippen molar-refractivity contribution in [3.63, 3.8) is 0 Å². The first-order valence-electron chi connectivity index (χ1n) is 15.3. The van der Waals surface area contributed by atoms with Crippen LogP contribution >= 0.6 is 0 Å². The highest BCUT2D eigenvalue weighted by molar-refractivity contribution is 7.92. The monoisotopic (exact) mass is 669 g/mol. The standard InChI is InChI=1S/C33H43N5O8S/c1-7-45-32(40)36-35-29(31(39)34-26-20-22(33(2,3)4)21-27(30(26)43-5)37-47(6,41)42)25-12-13-28(24-11-9-8-10-23(24)25)46-19-16-38-14-17-44-18-15-38/h8-13,20-21,37H,7,14-19H2,1-6H3,(H,34,39)(H,36,40). The fourth-order valence-electron chi connectivity index (χ4n) is 5.04. The van der Waals surface area contributed by atoms with Gasteiger partial charge in [-0.25, -0.2) is 18.6 Å². The second-order valence-corrected chi connectivity index (χ2v) is 13.7. The van der Waals surface area contributed by atoms with E-state index in [0.29, 0.717) is 36.5 Å². The fourth-order valence-corrected chi connectivity index (χ4v) is 5.59. The number of ether oxygens (including phenoxy) is 4. The third-order valence-electron chi connectivity index (χ3n) is 7.36. The van der Waals surface area contributed by atoms with Crippen molar-refractivity contribution in [2.45, 2.75) is 33.1 Å². The van der Waals surface area contributed by atoms with Crippen LogP contribution in [0, 0.1) is 0 Å². The smallest absolute Gasteiger partial charge is 0.427 e. The van der Waals surface area contributed by atoms with Crippen LogP contribution in [0.25, 0.3) is 10.8 Å². The van der Waals surface area contributed by atoms with E-state index in [-0.39, 0.29) is 29.4 Å². The van der Waals surface area contributed by atoms with Gasteiger partial charge in [0.1, 0.15) is 12.4 Å². The number of sulfonamides is 1. The van der Waals surface area contributed by atoms with Crippen LogP contribution < -0.4 is 24.9 Å². The quantitative estimate of drug-likeness (QED) is 0.189. The minimum absolute atomic E-state index is 0.100. The van der Waals surface area contributed by atoms with Crippen molar-refractivity contribution in [3.8, 4) is 11.5 Å². The summed E-state index contributed by atoms with van der Waals surface area (Å²) in [5, 5.41) is 8.43. The topological polar surface area (TPSA) is 157 Å². The van der Waals surface area contributed by atoms with Gasteiger partial charge in [-0.2, -0.15) is 5.10 Å². The van der Waals surface area contributed by atoms with E-state index in [2.05, 4.69) is 25.5 Å². The lowest BCUT2D eigenvalue weighted by Crippen LogP contribution is -2.38. The highest BCUT2D eigenvalue weighted by Crippen LogP contribution is 2.39.